The van der Waals surface area contributed by atoms with Gasteiger partial charge in [-0.15, -0.1) is 0 Å². The van der Waals surface area contributed by atoms with E-state index in [0.29, 0.717) is 37.4 Å². The van der Waals surface area contributed by atoms with Crippen LogP contribution in [-0.4, -0.2) is 39.1 Å². The molecule has 0 radical (unpaired) electrons. The van der Waals surface area contributed by atoms with Crippen molar-refractivity contribution in [2.24, 2.45) is 4.99 Å². The van der Waals surface area contributed by atoms with Crippen LogP contribution < -0.4 is 19.6 Å². The average molecular weight is 590 g/mol. The lowest BCUT2D eigenvalue weighted by molar-refractivity contribution is -0.384. The van der Waals surface area contributed by atoms with E-state index in [1.807, 2.05) is 0 Å². The molecule has 0 fully saturated rings. The summed E-state index contributed by atoms with van der Waals surface area (Å²) in [7, 11) is 1.53. The van der Waals surface area contributed by atoms with Crippen molar-refractivity contribution >= 4 is 40.8 Å². The average Bonchev–Trinajstić information content (AvgIpc) is 3.27. The number of benzene rings is 2. The molecule has 0 spiro atoms. The Bertz CT molecular complexity index is 1870. The van der Waals surface area contributed by atoms with Crippen LogP contribution in [0.5, 0.6) is 5.75 Å². The van der Waals surface area contributed by atoms with Gasteiger partial charge in [-0.3, -0.25) is 19.5 Å². The number of nitrogens with zero attached hydrogens (tertiary/aromatic N) is 5. The van der Waals surface area contributed by atoms with Gasteiger partial charge in [0.1, 0.15) is 5.75 Å². The first-order valence-electron chi connectivity index (χ1n) is 12.4. The highest BCUT2D eigenvalue weighted by Gasteiger charge is 2.33. The van der Waals surface area contributed by atoms with Crippen molar-refractivity contribution in [2.75, 3.05) is 13.7 Å². The molecule has 0 saturated carbocycles. The van der Waals surface area contributed by atoms with Gasteiger partial charge in [0.25, 0.3) is 11.2 Å². The van der Waals surface area contributed by atoms with Gasteiger partial charge in [-0.05, 0) is 67.1 Å². The minimum Gasteiger partial charge on any atom is -0.497 e. The van der Waals surface area contributed by atoms with Crippen molar-refractivity contribution in [3.63, 3.8) is 0 Å². The van der Waals surface area contributed by atoms with Gasteiger partial charge in [0.05, 0.1) is 40.5 Å². The molecule has 2 aromatic heterocycles. The van der Waals surface area contributed by atoms with Gasteiger partial charge in [0, 0.05) is 29.4 Å². The highest BCUT2D eigenvalue weighted by Crippen LogP contribution is 2.33. The maximum absolute atomic E-state index is 14.0. The summed E-state index contributed by atoms with van der Waals surface area (Å²) in [4.78, 5) is 52.2. The van der Waals surface area contributed by atoms with Gasteiger partial charge < -0.3 is 9.47 Å². The summed E-state index contributed by atoms with van der Waals surface area (Å²) in [6.45, 7) is 3.56. The van der Waals surface area contributed by atoms with Crippen LogP contribution in [-0.2, 0) is 9.53 Å². The van der Waals surface area contributed by atoms with E-state index in [2.05, 4.69) is 15.0 Å². The number of carbonyl (C=O) groups is 1. The number of hydrogen-bond acceptors (Lipinski definition) is 11. The second kappa shape index (κ2) is 11.9. The van der Waals surface area contributed by atoms with Crippen LogP contribution >= 0.6 is 23.1 Å². The van der Waals surface area contributed by atoms with Crippen molar-refractivity contribution in [3.05, 3.63) is 113 Å². The lowest BCUT2D eigenvalue weighted by atomic mass is 9.95. The molecule has 5 rings (SSSR count). The van der Waals surface area contributed by atoms with E-state index >= 15 is 0 Å². The first kappa shape index (κ1) is 27.9. The minimum absolute atomic E-state index is 0.128. The van der Waals surface area contributed by atoms with Crippen LogP contribution in [0.15, 0.2) is 92.0 Å². The summed E-state index contributed by atoms with van der Waals surface area (Å²) in [6.07, 6.45) is 4.79. The molecule has 0 bridgehead atoms. The predicted molar refractivity (Wildman–Crippen MR) is 153 cm³/mol. The SMILES string of the molecule is CCOC(=O)C1=C(C)N=c2s/c(=C/c3cc([N+](=O)[O-])ccc3Sc3ncccn3)c(=O)n2[C@H]1c1cccc(OC)c1. The molecule has 1 atom stereocenters. The number of nitro groups is 1. The van der Waals surface area contributed by atoms with Gasteiger partial charge in [-0.25, -0.2) is 19.8 Å². The maximum Gasteiger partial charge on any atom is 0.338 e. The molecule has 0 aliphatic carbocycles. The largest absolute Gasteiger partial charge is 0.497 e. The number of hydrogen-bond donors (Lipinski definition) is 0. The third-order valence-corrected chi connectivity index (χ3v) is 8.13. The van der Waals surface area contributed by atoms with E-state index < -0.39 is 22.5 Å². The number of non-ortho nitro benzene ring substituents is 1. The topological polar surface area (TPSA) is 139 Å². The van der Waals surface area contributed by atoms with Crippen LogP contribution in [0.25, 0.3) is 6.08 Å². The summed E-state index contributed by atoms with van der Waals surface area (Å²) in [5, 5.41) is 12.0. The van der Waals surface area contributed by atoms with E-state index in [0.717, 1.165) is 11.3 Å². The fourth-order valence-electron chi connectivity index (χ4n) is 4.35. The summed E-state index contributed by atoms with van der Waals surface area (Å²) in [5.74, 6) is -0.0139. The highest BCUT2D eigenvalue weighted by molar-refractivity contribution is 7.99. The number of thiazole rings is 1. The molecular formula is C28H23N5O6S2. The Balaban J connectivity index is 1.71. The molecule has 0 N–H and O–H groups in total. The van der Waals surface area contributed by atoms with Crippen LogP contribution in [0.1, 0.15) is 31.0 Å². The number of rotatable bonds is 8. The fourth-order valence-corrected chi connectivity index (χ4v) is 6.18. The zero-order valence-corrected chi connectivity index (χ0v) is 23.8. The van der Waals surface area contributed by atoms with Crippen LogP contribution in [0.3, 0.4) is 0 Å². The monoisotopic (exact) mass is 589 g/mol. The molecular weight excluding hydrogens is 566 g/mol. The first-order chi connectivity index (χ1) is 19.8. The standard InChI is InChI=1S/C28H23N5O6S2/c1-4-39-26(35)23-16(2)31-28-32(24(23)17-7-5-8-20(14-17)38-3)25(34)22(41-28)15-18-13-19(33(36)37)9-10-21(18)40-27-29-11-6-12-30-27/h5-15,24H,4H2,1-3H3/b22-15+/t24-/m0/s1. The van der Waals surface area contributed by atoms with E-state index in [4.69, 9.17) is 9.47 Å². The summed E-state index contributed by atoms with van der Waals surface area (Å²) < 4.78 is 12.5. The van der Waals surface area contributed by atoms with Crippen LogP contribution in [0.2, 0.25) is 0 Å². The molecule has 0 amide bonds. The summed E-state index contributed by atoms with van der Waals surface area (Å²) >= 11 is 2.34. The predicted octanol–water partition coefficient (Wildman–Crippen LogP) is 3.66. The van der Waals surface area contributed by atoms with Crippen molar-refractivity contribution in [1.29, 1.82) is 0 Å². The fraction of sp³-hybridized carbons (Fsp3) is 0.179. The van der Waals surface area contributed by atoms with Crippen molar-refractivity contribution in [3.8, 4) is 5.75 Å². The number of esters is 1. The molecule has 41 heavy (non-hydrogen) atoms. The molecule has 1 aliphatic rings. The molecule has 208 valence electrons. The van der Waals surface area contributed by atoms with Gasteiger partial charge in [-0.1, -0.05) is 23.5 Å². The lowest BCUT2D eigenvalue weighted by Gasteiger charge is -2.25. The summed E-state index contributed by atoms with van der Waals surface area (Å²) in [6, 6.07) is 12.4. The van der Waals surface area contributed by atoms with Gasteiger partial charge in [0.15, 0.2) is 9.96 Å². The molecule has 11 nitrogen and oxygen atoms in total. The highest BCUT2D eigenvalue weighted by atomic mass is 32.2. The zero-order chi connectivity index (χ0) is 29.1. The Morgan fingerprint density at radius 1 is 1.20 bits per heavy atom. The molecule has 1 aliphatic heterocycles. The molecule has 4 aromatic rings. The van der Waals surface area contributed by atoms with E-state index in [-0.39, 0.29) is 22.4 Å². The summed E-state index contributed by atoms with van der Waals surface area (Å²) in [5.41, 5.74) is 1.22. The number of aromatic nitrogens is 3. The Morgan fingerprint density at radius 2 is 1.98 bits per heavy atom. The van der Waals surface area contributed by atoms with E-state index in [9.17, 15) is 19.7 Å². The Labute approximate surface area is 241 Å². The second-order valence-corrected chi connectivity index (χ2v) is 10.7. The maximum atomic E-state index is 14.0. The van der Waals surface area contributed by atoms with Crippen LogP contribution in [0, 0.1) is 10.1 Å². The van der Waals surface area contributed by atoms with Gasteiger partial charge in [-0.2, -0.15) is 0 Å². The third kappa shape index (κ3) is 5.67. The zero-order valence-electron chi connectivity index (χ0n) is 22.1. The Kier molecular flexibility index (Phi) is 8.08. The number of nitro benzene ring substituents is 1. The minimum atomic E-state index is -0.820. The number of fused-ring (bicyclic) bond motifs is 1. The van der Waals surface area contributed by atoms with Crippen LogP contribution in [0.4, 0.5) is 5.69 Å². The third-order valence-electron chi connectivity index (χ3n) is 6.16. The number of allylic oxidation sites excluding steroid dienone is 1. The lowest BCUT2D eigenvalue weighted by Crippen LogP contribution is -2.39. The first-order valence-corrected chi connectivity index (χ1v) is 14.0. The second-order valence-electron chi connectivity index (χ2n) is 8.69. The molecule has 13 heteroatoms. The molecule has 2 aromatic carbocycles. The number of carbonyl (C=O) groups excluding carboxylic acids is 1. The van der Waals surface area contributed by atoms with Crippen molar-refractivity contribution in [2.45, 2.75) is 29.9 Å². The smallest absolute Gasteiger partial charge is 0.338 e. The Morgan fingerprint density at radius 3 is 2.68 bits per heavy atom. The van der Waals surface area contributed by atoms with E-state index in [1.54, 1.807) is 68.7 Å². The number of ether oxygens (including phenoxy) is 2. The quantitative estimate of drug-likeness (QED) is 0.130. The van der Waals surface area contributed by atoms with Gasteiger partial charge >= 0.3 is 5.97 Å². The molecule has 0 saturated heterocycles. The molecule has 0 unspecified atom stereocenters. The number of methoxy groups -OCH3 is 1. The normalized spacial score (nSPS) is 14.8. The van der Waals surface area contributed by atoms with Gasteiger partial charge in [0.2, 0.25) is 0 Å². The van der Waals surface area contributed by atoms with E-state index in [1.165, 1.54) is 35.6 Å². The van der Waals surface area contributed by atoms with Crippen molar-refractivity contribution < 1.29 is 19.2 Å². The molecule has 3 heterocycles. The Hall–Kier alpha value is -4.62. The van der Waals surface area contributed by atoms with Crippen molar-refractivity contribution in [1.82, 2.24) is 14.5 Å².